The molecule has 0 aliphatic carbocycles. The van der Waals surface area contributed by atoms with Crippen LogP contribution in [0.15, 0.2) is 18.2 Å². The van der Waals surface area contributed by atoms with Gasteiger partial charge in [0.25, 0.3) is 11.8 Å². The first-order chi connectivity index (χ1) is 9.08. The molecule has 2 rings (SSSR count). The molecule has 0 aromatic carbocycles. The Bertz CT molecular complexity index is 555. The molecule has 0 spiro atoms. The summed E-state index contributed by atoms with van der Waals surface area (Å²) in [6.45, 7) is 3.89. The molecule has 0 unspecified atom stereocenters. The lowest BCUT2D eigenvalue weighted by atomic mass is 10.2. The smallest absolute Gasteiger partial charge is 0.341 e. The quantitative estimate of drug-likeness (QED) is 0.624. The topological polar surface area (TPSA) is 63.7 Å². The highest BCUT2D eigenvalue weighted by molar-refractivity contribution is 7.17. The number of ether oxygens (including phenoxy) is 1. The van der Waals surface area contributed by atoms with Crippen LogP contribution in [-0.2, 0) is 20.7 Å². The molecule has 2 heterocycles. The Morgan fingerprint density at radius 3 is 2.42 bits per heavy atom. The fourth-order valence-corrected chi connectivity index (χ4v) is 2.82. The van der Waals surface area contributed by atoms with Gasteiger partial charge in [0.1, 0.15) is 5.00 Å². The molecule has 6 heteroatoms. The number of anilines is 1. The number of amides is 2. The standard InChI is InChI=1S/C13H13NO4S/c1-3-8-7-9(13(17)18-4-2)12(19-8)14-10(15)5-6-11(14)16/h5-7H,3-4H2,1-2H3. The molecule has 1 aromatic rings. The maximum Gasteiger partial charge on any atom is 0.341 e. The normalized spacial score (nSPS) is 14.3. The summed E-state index contributed by atoms with van der Waals surface area (Å²) in [5, 5.41) is 0.343. The van der Waals surface area contributed by atoms with Crippen molar-refractivity contribution in [1.82, 2.24) is 0 Å². The zero-order valence-electron chi connectivity index (χ0n) is 10.6. The van der Waals surface area contributed by atoms with E-state index >= 15 is 0 Å². The van der Waals surface area contributed by atoms with Gasteiger partial charge in [0, 0.05) is 17.0 Å². The van der Waals surface area contributed by atoms with E-state index in [1.807, 2.05) is 6.92 Å². The fourth-order valence-electron chi connectivity index (χ4n) is 1.73. The van der Waals surface area contributed by atoms with E-state index in [-0.39, 0.29) is 12.2 Å². The monoisotopic (exact) mass is 279 g/mol. The minimum atomic E-state index is -0.513. The van der Waals surface area contributed by atoms with Gasteiger partial charge in [0.2, 0.25) is 0 Å². The molecule has 5 nitrogen and oxygen atoms in total. The van der Waals surface area contributed by atoms with Gasteiger partial charge < -0.3 is 4.74 Å². The highest BCUT2D eigenvalue weighted by Gasteiger charge is 2.31. The minimum absolute atomic E-state index is 0.246. The number of hydrogen-bond donors (Lipinski definition) is 0. The number of thiophene rings is 1. The Morgan fingerprint density at radius 1 is 1.26 bits per heavy atom. The van der Waals surface area contributed by atoms with Crippen molar-refractivity contribution < 1.29 is 19.1 Å². The molecule has 1 aliphatic rings. The van der Waals surface area contributed by atoms with Crippen LogP contribution in [0.25, 0.3) is 0 Å². The third-order valence-corrected chi connectivity index (χ3v) is 3.88. The van der Waals surface area contributed by atoms with Crippen molar-refractivity contribution in [3.05, 3.63) is 28.7 Å². The second-order valence-electron chi connectivity index (χ2n) is 3.85. The van der Waals surface area contributed by atoms with Crippen LogP contribution in [0, 0.1) is 0 Å². The summed E-state index contributed by atoms with van der Waals surface area (Å²) in [6, 6.07) is 1.68. The van der Waals surface area contributed by atoms with E-state index in [4.69, 9.17) is 4.74 Å². The highest BCUT2D eigenvalue weighted by atomic mass is 32.1. The highest BCUT2D eigenvalue weighted by Crippen LogP contribution is 2.34. The summed E-state index contributed by atoms with van der Waals surface area (Å²) >= 11 is 1.26. The number of carbonyl (C=O) groups excluding carboxylic acids is 3. The van der Waals surface area contributed by atoms with Crippen LogP contribution < -0.4 is 4.90 Å². The second kappa shape index (κ2) is 5.36. The molecule has 0 saturated heterocycles. The van der Waals surface area contributed by atoms with E-state index in [9.17, 15) is 14.4 Å². The van der Waals surface area contributed by atoms with Gasteiger partial charge in [0.05, 0.1) is 12.2 Å². The summed E-state index contributed by atoms with van der Waals surface area (Å²) in [6.07, 6.45) is 3.12. The van der Waals surface area contributed by atoms with E-state index < -0.39 is 17.8 Å². The number of nitrogens with zero attached hydrogens (tertiary/aromatic N) is 1. The van der Waals surface area contributed by atoms with Crippen LogP contribution in [0.3, 0.4) is 0 Å². The van der Waals surface area contributed by atoms with E-state index in [0.717, 1.165) is 16.2 Å². The molecule has 100 valence electrons. The minimum Gasteiger partial charge on any atom is -0.462 e. The Hall–Kier alpha value is -1.95. The SMILES string of the molecule is CCOC(=O)c1cc(CC)sc1N1C(=O)C=CC1=O. The largest absolute Gasteiger partial charge is 0.462 e. The summed E-state index contributed by atoms with van der Waals surface area (Å²) in [4.78, 5) is 37.2. The molecule has 0 radical (unpaired) electrons. The Labute approximate surface area is 114 Å². The van der Waals surface area contributed by atoms with E-state index in [1.165, 1.54) is 23.5 Å². The molecule has 1 aromatic heterocycles. The van der Waals surface area contributed by atoms with Crippen molar-refractivity contribution in [1.29, 1.82) is 0 Å². The van der Waals surface area contributed by atoms with Crippen LogP contribution in [0.5, 0.6) is 0 Å². The summed E-state index contributed by atoms with van der Waals surface area (Å²) in [5.74, 6) is -1.37. The third-order valence-electron chi connectivity index (χ3n) is 2.62. The van der Waals surface area contributed by atoms with Crippen molar-refractivity contribution >= 4 is 34.1 Å². The van der Waals surface area contributed by atoms with Crippen molar-refractivity contribution in [3.8, 4) is 0 Å². The maximum absolute atomic E-state index is 11.9. The first kappa shape index (κ1) is 13.5. The fraction of sp³-hybridized carbons (Fsp3) is 0.308. The van der Waals surface area contributed by atoms with Crippen LogP contribution in [-0.4, -0.2) is 24.4 Å². The molecule has 0 saturated carbocycles. The van der Waals surface area contributed by atoms with Crippen molar-refractivity contribution in [2.75, 3.05) is 11.5 Å². The number of aryl methyl sites for hydroxylation is 1. The Balaban J connectivity index is 2.44. The number of imide groups is 1. The van der Waals surface area contributed by atoms with E-state index in [0.29, 0.717) is 5.00 Å². The molecule has 0 atom stereocenters. The molecule has 2 amide bonds. The molecule has 19 heavy (non-hydrogen) atoms. The lowest BCUT2D eigenvalue weighted by molar-refractivity contribution is -0.119. The van der Waals surface area contributed by atoms with E-state index in [1.54, 1.807) is 13.0 Å². The average molecular weight is 279 g/mol. The number of hydrogen-bond acceptors (Lipinski definition) is 5. The van der Waals surface area contributed by atoms with E-state index in [2.05, 4.69) is 0 Å². The summed E-state index contributed by atoms with van der Waals surface area (Å²) < 4.78 is 4.95. The Kier molecular flexibility index (Phi) is 3.80. The zero-order valence-corrected chi connectivity index (χ0v) is 11.5. The van der Waals surface area contributed by atoms with Crippen LogP contribution in [0.2, 0.25) is 0 Å². The number of esters is 1. The van der Waals surface area contributed by atoms with Gasteiger partial charge in [-0.05, 0) is 19.4 Å². The van der Waals surface area contributed by atoms with Crippen molar-refractivity contribution in [2.45, 2.75) is 20.3 Å². The predicted octanol–water partition coefficient (Wildman–Crippen LogP) is 1.92. The maximum atomic E-state index is 11.9. The van der Waals surface area contributed by atoms with Crippen LogP contribution in [0.1, 0.15) is 29.1 Å². The van der Waals surface area contributed by atoms with Gasteiger partial charge in [0.15, 0.2) is 0 Å². The van der Waals surface area contributed by atoms with Gasteiger partial charge in [-0.3, -0.25) is 9.59 Å². The average Bonchev–Trinajstić information content (AvgIpc) is 2.93. The first-order valence-corrected chi connectivity index (χ1v) is 6.76. The summed E-state index contributed by atoms with van der Waals surface area (Å²) in [5.41, 5.74) is 0.272. The van der Waals surface area contributed by atoms with Gasteiger partial charge in [-0.1, -0.05) is 6.92 Å². The first-order valence-electron chi connectivity index (χ1n) is 5.94. The van der Waals surface area contributed by atoms with Crippen molar-refractivity contribution in [3.63, 3.8) is 0 Å². The Morgan fingerprint density at radius 2 is 1.89 bits per heavy atom. The van der Waals surface area contributed by atoms with Crippen molar-refractivity contribution in [2.24, 2.45) is 0 Å². The van der Waals surface area contributed by atoms with Gasteiger partial charge in [-0.25, -0.2) is 9.69 Å². The third kappa shape index (κ3) is 2.44. The molecule has 0 bridgehead atoms. The lowest BCUT2D eigenvalue weighted by Crippen LogP contribution is -2.30. The molecular weight excluding hydrogens is 266 g/mol. The van der Waals surface area contributed by atoms with Crippen LogP contribution in [0.4, 0.5) is 5.00 Å². The molecule has 0 N–H and O–H groups in total. The van der Waals surface area contributed by atoms with Gasteiger partial charge in [-0.2, -0.15) is 0 Å². The second-order valence-corrected chi connectivity index (χ2v) is 4.97. The predicted molar refractivity (Wildman–Crippen MR) is 71.3 cm³/mol. The number of rotatable bonds is 4. The number of carbonyl (C=O) groups is 3. The molecular formula is C13H13NO4S. The molecule has 0 fully saturated rings. The lowest BCUT2D eigenvalue weighted by Gasteiger charge is -2.13. The van der Waals surface area contributed by atoms with Gasteiger partial charge >= 0.3 is 5.97 Å². The summed E-state index contributed by atoms with van der Waals surface area (Å²) in [7, 11) is 0. The van der Waals surface area contributed by atoms with Crippen LogP contribution >= 0.6 is 11.3 Å². The zero-order chi connectivity index (χ0) is 14.0. The van der Waals surface area contributed by atoms with Gasteiger partial charge in [-0.15, -0.1) is 11.3 Å². The molecule has 1 aliphatic heterocycles.